The lowest BCUT2D eigenvalue weighted by Crippen LogP contribution is -2.21. The number of benzene rings is 1. The standard InChI is InChI=1S/C11H12BrFO/c12-9-4-8(5-10(13)6-9)7-14-11-2-1-3-11/h4-6,11H,1-3,7H2. The Morgan fingerprint density at radius 2 is 2.14 bits per heavy atom. The van der Waals surface area contributed by atoms with E-state index in [-0.39, 0.29) is 5.82 Å². The molecule has 0 unspecified atom stereocenters. The molecule has 3 heteroatoms. The van der Waals surface area contributed by atoms with Crippen molar-refractivity contribution in [2.45, 2.75) is 32.0 Å². The minimum atomic E-state index is -0.216. The molecule has 1 nitrogen and oxygen atoms in total. The van der Waals surface area contributed by atoms with Gasteiger partial charge in [0.25, 0.3) is 0 Å². The van der Waals surface area contributed by atoms with Crippen LogP contribution in [0.25, 0.3) is 0 Å². The van der Waals surface area contributed by atoms with E-state index in [9.17, 15) is 4.39 Å². The van der Waals surface area contributed by atoms with E-state index in [1.165, 1.54) is 18.6 Å². The molecule has 0 atom stereocenters. The molecule has 1 aromatic carbocycles. The van der Waals surface area contributed by atoms with Crippen molar-refractivity contribution in [3.63, 3.8) is 0 Å². The first kappa shape index (κ1) is 10.1. The predicted molar refractivity (Wildman–Crippen MR) is 56.5 cm³/mol. The predicted octanol–water partition coefficient (Wildman–Crippen LogP) is 3.66. The van der Waals surface area contributed by atoms with Gasteiger partial charge >= 0.3 is 0 Å². The molecule has 0 bridgehead atoms. The Hall–Kier alpha value is -0.410. The molecular weight excluding hydrogens is 247 g/mol. The van der Waals surface area contributed by atoms with Crippen LogP contribution in [0.15, 0.2) is 22.7 Å². The van der Waals surface area contributed by atoms with Gasteiger partial charge in [-0.3, -0.25) is 0 Å². The highest BCUT2D eigenvalue weighted by molar-refractivity contribution is 9.10. The first-order chi connectivity index (χ1) is 6.74. The highest BCUT2D eigenvalue weighted by Crippen LogP contribution is 2.24. The van der Waals surface area contributed by atoms with Gasteiger partial charge in [0.05, 0.1) is 12.7 Å². The van der Waals surface area contributed by atoms with Gasteiger partial charge in [-0.05, 0) is 43.0 Å². The van der Waals surface area contributed by atoms with Crippen LogP contribution in [0, 0.1) is 5.82 Å². The SMILES string of the molecule is Fc1cc(Br)cc(COC2CCC2)c1. The van der Waals surface area contributed by atoms with Gasteiger partial charge in [0.1, 0.15) is 5.82 Å². The molecule has 0 N–H and O–H groups in total. The van der Waals surface area contributed by atoms with Crippen LogP contribution in [-0.4, -0.2) is 6.10 Å². The molecule has 76 valence electrons. The maximum absolute atomic E-state index is 13.0. The Kier molecular flexibility index (Phi) is 3.19. The highest BCUT2D eigenvalue weighted by Gasteiger charge is 2.17. The number of hydrogen-bond donors (Lipinski definition) is 0. The summed E-state index contributed by atoms with van der Waals surface area (Å²) in [5.74, 6) is -0.216. The van der Waals surface area contributed by atoms with E-state index in [2.05, 4.69) is 15.9 Å². The van der Waals surface area contributed by atoms with Crippen molar-refractivity contribution in [2.24, 2.45) is 0 Å². The molecule has 1 aliphatic rings. The van der Waals surface area contributed by atoms with Crippen molar-refractivity contribution in [3.05, 3.63) is 34.1 Å². The summed E-state index contributed by atoms with van der Waals surface area (Å²) in [5.41, 5.74) is 0.892. The number of hydrogen-bond acceptors (Lipinski definition) is 1. The smallest absolute Gasteiger partial charge is 0.124 e. The van der Waals surface area contributed by atoms with Crippen molar-refractivity contribution < 1.29 is 9.13 Å². The van der Waals surface area contributed by atoms with Crippen LogP contribution in [0.1, 0.15) is 24.8 Å². The lowest BCUT2D eigenvalue weighted by molar-refractivity contribution is -0.00876. The first-order valence-corrected chi connectivity index (χ1v) is 5.60. The van der Waals surface area contributed by atoms with E-state index in [1.54, 1.807) is 0 Å². The summed E-state index contributed by atoms with van der Waals surface area (Å²) in [6, 6.07) is 4.86. The maximum atomic E-state index is 13.0. The third-order valence-electron chi connectivity index (χ3n) is 2.46. The summed E-state index contributed by atoms with van der Waals surface area (Å²) in [6.45, 7) is 0.515. The molecule has 1 aliphatic carbocycles. The van der Waals surface area contributed by atoms with Crippen molar-refractivity contribution >= 4 is 15.9 Å². The van der Waals surface area contributed by atoms with Crippen molar-refractivity contribution in [1.29, 1.82) is 0 Å². The van der Waals surface area contributed by atoms with Gasteiger partial charge in [0.2, 0.25) is 0 Å². The highest BCUT2D eigenvalue weighted by atomic mass is 79.9. The van der Waals surface area contributed by atoms with Crippen LogP contribution in [0.2, 0.25) is 0 Å². The number of rotatable bonds is 3. The van der Waals surface area contributed by atoms with E-state index in [4.69, 9.17) is 4.74 Å². The monoisotopic (exact) mass is 258 g/mol. The molecule has 1 fully saturated rings. The molecule has 0 aliphatic heterocycles. The third kappa shape index (κ3) is 2.55. The molecule has 0 amide bonds. The third-order valence-corrected chi connectivity index (χ3v) is 2.92. The molecule has 0 saturated heterocycles. The Labute approximate surface area is 91.4 Å². The van der Waals surface area contributed by atoms with Crippen LogP contribution in [0.3, 0.4) is 0 Å². The molecule has 1 saturated carbocycles. The summed E-state index contributed by atoms with van der Waals surface area (Å²) < 4.78 is 19.3. The van der Waals surface area contributed by atoms with Crippen molar-refractivity contribution in [1.82, 2.24) is 0 Å². The van der Waals surface area contributed by atoms with Gasteiger partial charge in [-0.25, -0.2) is 4.39 Å². The molecule has 0 aromatic heterocycles. The molecule has 2 rings (SSSR count). The molecule has 0 radical (unpaired) electrons. The lowest BCUT2D eigenvalue weighted by Gasteiger charge is -2.25. The second-order valence-electron chi connectivity index (χ2n) is 3.64. The van der Waals surface area contributed by atoms with Gasteiger partial charge in [0, 0.05) is 4.47 Å². The largest absolute Gasteiger partial charge is 0.374 e. The number of ether oxygens (including phenoxy) is 1. The fourth-order valence-corrected chi connectivity index (χ4v) is 1.96. The molecular formula is C11H12BrFO. The first-order valence-electron chi connectivity index (χ1n) is 4.80. The van der Waals surface area contributed by atoms with Gasteiger partial charge in [-0.2, -0.15) is 0 Å². The second-order valence-corrected chi connectivity index (χ2v) is 4.56. The van der Waals surface area contributed by atoms with Crippen molar-refractivity contribution in [3.8, 4) is 0 Å². The molecule has 0 spiro atoms. The Bertz CT molecular complexity index is 303. The minimum absolute atomic E-state index is 0.216. The van der Waals surface area contributed by atoms with E-state index < -0.39 is 0 Å². The van der Waals surface area contributed by atoms with Gasteiger partial charge < -0.3 is 4.74 Å². The fourth-order valence-electron chi connectivity index (χ4n) is 1.45. The summed E-state index contributed by atoms with van der Waals surface area (Å²) in [7, 11) is 0. The average Bonchev–Trinajstić information content (AvgIpc) is 1.99. The van der Waals surface area contributed by atoms with Crippen LogP contribution >= 0.6 is 15.9 Å². The Morgan fingerprint density at radius 1 is 1.36 bits per heavy atom. The quantitative estimate of drug-likeness (QED) is 0.804. The average molecular weight is 259 g/mol. The summed E-state index contributed by atoms with van der Waals surface area (Å²) in [4.78, 5) is 0. The van der Waals surface area contributed by atoms with E-state index in [1.807, 2.05) is 6.07 Å². The van der Waals surface area contributed by atoms with Gasteiger partial charge in [-0.1, -0.05) is 15.9 Å². The summed E-state index contributed by atoms with van der Waals surface area (Å²) in [5, 5.41) is 0. The van der Waals surface area contributed by atoms with E-state index >= 15 is 0 Å². The van der Waals surface area contributed by atoms with Gasteiger partial charge in [-0.15, -0.1) is 0 Å². The normalized spacial score (nSPS) is 16.7. The molecule has 1 aromatic rings. The Balaban J connectivity index is 1.94. The zero-order chi connectivity index (χ0) is 9.97. The number of halogens is 2. The van der Waals surface area contributed by atoms with Gasteiger partial charge in [0.15, 0.2) is 0 Å². The maximum Gasteiger partial charge on any atom is 0.124 e. The summed E-state index contributed by atoms with van der Waals surface area (Å²) >= 11 is 3.26. The van der Waals surface area contributed by atoms with Crippen LogP contribution < -0.4 is 0 Å². The van der Waals surface area contributed by atoms with Crippen LogP contribution in [0.5, 0.6) is 0 Å². The molecule has 0 heterocycles. The topological polar surface area (TPSA) is 9.23 Å². The second kappa shape index (κ2) is 4.41. The lowest BCUT2D eigenvalue weighted by atomic mass is 9.96. The van der Waals surface area contributed by atoms with E-state index in [0.29, 0.717) is 12.7 Å². The van der Waals surface area contributed by atoms with Crippen molar-refractivity contribution in [2.75, 3.05) is 0 Å². The zero-order valence-electron chi connectivity index (χ0n) is 7.80. The molecule has 14 heavy (non-hydrogen) atoms. The van der Waals surface area contributed by atoms with Crippen LogP contribution in [0.4, 0.5) is 4.39 Å². The van der Waals surface area contributed by atoms with Crippen LogP contribution in [-0.2, 0) is 11.3 Å². The zero-order valence-corrected chi connectivity index (χ0v) is 9.39. The van der Waals surface area contributed by atoms with E-state index in [0.717, 1.165) is 22.9 Å². The minimum Gasteiger partial charge on any atom is -0.374 e. The Morgan fingerprint density at radius 3 is 2.71 bits per heavy atom. The summed E-state index contributed by atoms with van der Waals surface area (Å²) in [6.07, 6.45) is 3.96. The fraction of sp³-hybridized carbons (Fsp3) is 0.455.